The zero-order valence-corrected chi connectivity index (χ0v) is 25.5. The molecular weight excluding hydrogens is 557 g/mol. The lowest BCUT2D eigenvalue weighted by molar-refractivity contribution is -0.144. The number of nitrogens with zero attached hydrogens (tertiary/aromatic N) is 3. The normalized spacial score (nSPS) is 14.5. The van der Waals surface area contributed by atoms with Crippen LogP contribution in [0.2, 0.25) is 0 Å². The van der Waals surface area contributed by atoms with E-state index in [9.17, 15) is 9.36 Å². The van der Waals surface area contributed by atoms with Crippen LogP contribution < -0.4 is 15.3 Å². The Bertz CT molecular complexity index is 1530. The van der Waals surface area contributed by atoms with Crippen LogP contribution in [0.3, 0.4) is 0 Å². The highest BCUT2D eigenvalue weighted by atomic mass is 31.2. The third-order valence-corrected chi connectivity index (χ3v) is 8.40. The summed E-state index contributed by atoms with van der Waals surface area (Å²) in [7, 11) is -3.98. The lowest BCUT2D eigenvalue weighted by Crippen LogP contribution is -2.35. The summed E-state index contributed by atoms with van der Waals surface area (Å²) in [4.78, 5) is 21.8. The molecule has 0 aliphatic carbocycles. The average molecular weight is 598 g/mol. The minimum Gasteiger partial charge on any atom is -0.465 e. The number of carbonyl (C=O) groups excluding carboxylic acids is 1. The van der Waals surface area contributed by atoms with E-state index in [0.717, 1.165) is 35.1 Å². The van der Waals surface area contributed by atoms with Gasteiger partial charge in [0.05, 0.1) is 24.2 Å². The molecule has 0 saturated carbocycles. The second kappa shape index (κ2) is 14.6. The van der Waals surface area contributed by atoms with Gasteiger partial charge in [-0.15, -0.1) is 0 Å². The fourth-order valence-corrected chi connectivity index (χ4v) is 6.37. The average Bonchev–Trinajstić information content (AvgIpc) is 3.36. The number of anilines is 1. The van der Waals surface area contributed by atoms with Gasteiger partial charge in [0, 0.05) is 18.0 Å². The van der Waals surface area contributed by atoms with E-state index in [4.69, 9.17) is 29.2 Å². The highest BCUT2D eigenvalue weighted by Crippen LogP contribution is 2.45. The lowest BCUT2D eigenvalue weighted by atomic mass is 10.1. The van der Waals surface area contributed by atoms with Crippen molar-refractivity contribution in [2.75, 3.05) is 25.6 Å². The first-order valence-electron chi connectivity index (χ1n) is 14.4. The third kappa shape index (κ3) is 7.46. The third-order valence-electron chi connectivity index (χ3n) is 6.72. The Morgan fingerprint density at radius 2 is 1.76 bits per heavy atom. The molecule has 0 bridgehead atoms. The Hall–Kier alpha value is -3.50. The van der Waals surface area contributed by atoms with Gasteiger partial charge in [-0.3, -0.25) is 9.32 Å². The largest absolute Gasteiger partial charge is 0.465 e. The SMILES string of the molecule is CCC[C@H](CCO[P@](=O)(N[C@@H](C)C(=O)OCC)Oc1ccccc1)n1c(COCC)nc2c(N)nc3ccccc3c21. The topological polar surface area (TPSA) is 140 Å². The highest BCUT2D eigenvalue weighted by molar-refractivity contribution is 7.52. The van der Waals surface area contributed by atoms with Crippen molar-refractivity contribution in [2.45, 2.75) is 65.6 Å². The minimum atomic E-state index is -3.98. The molecule has 0 saturated heterocycles. The number of benzene rings is 2. The van der Waals surface area contributed by atoms with Crippen molar-refractivity contribution in [3.8, 4) is 5.75 Å². The van der Waals surface area contributed by atoms with Crippen molar-refractivity contribution in [2.24, 2.45) is 0 Å². The van der Waals surface area contributed by atoms with Crippen molar-refractivity contribution >= 4 is 41.5 Å². The van der Waals surface area contributed by atoms with Crippen LogP contribution >= 0.6 is 7.75 Å². The first kappa shape index (κ1) is 31.4. The molecule has 0 unspecified atom stereocenters. The molecule has 2 aromatic carbocycles. The Kier molecular flexibility index (Phi) is 10.9. The van der Waals surface area contributed by atoms with Crippen molar-refractivity contribution in [3.05, 3.63) is 60.4 Å². The van der Waals surface area contributed by atoms with Crippen LogP contribution in [0.25, 0.3) is 21.9 Å². The van der Waals surface area contributed by atoms with E-state index in [-0.39, 0.29) is 19.3 Å². The second-order valence-electron chi connectivity index (χ2n) is 9.82. The van der Waals surface area contributed by atoms with Gasteiger partial charge in [0.15, 0.2) is 5.82 Å². The summed E-state index contributed by atoms with van der Waals surface area (Å²) in [6.07, 6.45) is 2.15. The zero-order chi connectivity index (χ0) is 30.1. The number of hydrogen-bond acceptors (Lipinski definition) is 9. The Morgan fingerprint density at radius 1 is 1.02 bits per heavy atom. The zero-order valence-electron chi connectivity index (χ0n) is 24.6. The number of nitrogens with one attached hydrogen (secondary N) is 1. The highest BCUT2D eigenvalue weighted by Gasteiger charge is 2.33. The Morgan fingerprint density at radius 3 is 2.48 bits per heavy atom. The van der Waals surface area contributed by atoms with Gasteiger partial charge in [0.25, 0.3) is 0 Å². The van der Waals surface area contributed by atoms with Crippen molar-refractivity contribution in [1.29, 1.82) is 0 Å². The van der Waals surface area contributed by atoms with Crippen LogP contribution in [0.4, 0.5) is 5.82 Å². The molecule has 0 spiro atoms. The molecule has 4 rings (SSSR count). The molecule has 0 amide bonds. The number of nitrogen functional groups attached to an aromatic ring is 1. The van der Waals surface area contributed by atoms with Gasteiger partial charge in [-0.25, -0.2) is 14.5 Å². The summed E-state index contributed by atoms with van der Waals surface area (Å²) in [5.74, 6) is 0.881. The van der Waals surface area contributed by atoms with E-state index in [1.54, 1.807) is 38.1 Å². The summed E-state index contributed by atoms with van der Waals surface area (Å²) < 4.78 is 38.7. The van der Waals surface area contributed by atoms with Gasteiger partial charge < -0.3 is 24.3 Å². The van der Waals surface area contributed by atoms with E-state index in [2.05, 4.69) is 21.6 Å². The Labute approximate surface area is 246 Å². The summed E-state index contributed by atoms with van der Waals surface area (Å²) in [6, 6.07) is 15.5. The molecule has 2 aromatic heterocycles. The molecule has 0 radical (unpaired) electrons. The number of ether oxygens (including phenoxy) is 2. The van der Waals surface area contributed by atoms with E-state index in [1.807, 2.05) is 37.3 Å². The monoisotopic (exact) mass is 597 g/mol. The molecule has 3 atom stereocenters. The lowest BCUT2D eigenvalue weighted by Gasteiger charge is -2.25. The minimum absolute atomic E-state index is 0.0730. The maximum absolute atomic E-state index is 13.9. The summed E-state index contributed by atoms with van der Waals surface area (Å²) in [5.41, 5.74) is 8.65. The van der Waals surface area contributed by atoms with Crippen LogP contribution in [0.15, 0.2) is 54.6 Å². The van der Waals surface area contributed by atoms with Crippen molar-refractivity contribution in [1.82, 2.24) is 19.6 Å². The van der Waals surface area contributed by atoms with Crippen LogP contribution in [-0.2, 0) is 30.0 Å². The molecule has 2 heterocycles. The molecule has 3 N–H and O–H groups in total. The van der Waals surface area contributed by atoms with E-state index in [1.165, 1.54) is 0 Å². The number of aromatic nitrogens is 3. The van der Waals surface area contributed by atoms with Crippen LogP contribution in [-0.4, -0.2) is 46.4 Å². The predicted octanol–water partition coefficient (Wildman–Crippen LogP) is 6.18. The second-order valence-corrected chi connectivity index (χ2v) is 11.5. The summed E-state index contributed by atoms with van der Waals surface area (Å²) >= 11 is 0. The fourth-order valence-electron chi connectivity index (χ4n) is 4.87. The van der Waals surface area contributed by atoms with Gasteiger partial charge in [0.2, 0.25) is 0 Å². The maximum atomic E-state index is 13.9. The van der Waals surface area contributed by atoms with Crippen molar-refractivity contribution in [3.63, 3.8) is 0 Å². The number of carbonyl (C=O) groups is 1. The maximum Gasteiger partial charge on any atom is 0.459 e. The van der Waals surface area contributed by atoms with Gasteiger partial charge >= 0.3 is 13.7 Å². The van der Waals surface area contributed by atoms with Gasteiger partial charge in [-0.2, -0.15) is 5.09 Å². The first-order chi connectivity index (χ1) is 20.3. The molecule has 11 nitrogen and oxygen atoms in total. The van der Waals surface area contributed by atoms with E-state index >= 15 is 0 Å². The van der Waals surface area contributed by atoms with Crippen LogP contribution in [0.5, 0.6) is 5.75 Å². The number of nitrogens with two attached hydrogens (primary N) is 1. The van der Waals surface area contributed by atoms with Crippen LogP contribution in [0, 0.1) is 0 Å². The number of rotatable bonds is 16. The summed E-state index contributed by atoms with van der Waals surface area (Å²) in [5, 5.41) is 3.67. The molecule has 42 heavy (non-hydrogen) atoms. The molecule has 12 heteroatoms. The quantitative estimate of drug-likeness (QED) is 0.114. The van der Waals surface area contributed by atoms with Gasteiger partial charge in [-0.1, -0.05) is 49.7 Å². The van der Waals surface area contributed by atoms with E-state index in [0.29, 0.717) is 36.7 Å². The first-order valence-corrected chi connectivity index (χ1v) is 15.9. The number of para-hydroxylation sites is 2. The van der Waals surface area contributed by atoms with Crippen molar-refractivity contribution < 1.29 is 27.9 Å². The summed E-state index contributed by atoms with van der Waals surface area (Å²) in [6.45, 7) is 8.41. The van der Waals surface area contributed by atoms with Gasteiger partial charge in [0.1, 0.15) is 29.7 Å². The van der Waals surface area contributed by atoms with Crippen LogP contribution in [0.1, 0.15) is 58.8 Å². The number of pyridine rings is 1. The molecule has 0 aliphatic heterocycles. The fraction of sp³-hybridized carbons (Fsp3) is 0.433. The molecule has 226 valence electrons. The van der Waals surface area contributed by atoms with Gasteiger partial charge in [-0.05, 0) is 51.8 Å². The molecule has 0 fully saturated rings. The molecule has 4 aromatic rings. The standard InChI is InChI=1S/C30H40N5O6P/c1-5-13-22(18-19-40-42(37,34-21(4)30(36)39-7-3)41-23-14-9-8-10-15-23)35-26(20-38-6-2)33-27-28(35)24-16-11-12-17-25(24)32-29(27)31/h8-12,14-17,21-22H,5-7,13,18-20H2,1-4H3,(H2,31,32)(H,34,37)/t21-,22+,42+/m0/s1. The number of fused-ring (bicyclic) bond motifs is 3. The Balaban J connectivity index is 1.66. The number of imidazole rings is 1. The number of hydrogen-bond donors (Lipinski definition) is 2. The van der Waals surface area contributed by atoms with E-state index < -0.39 is 19.8 Å². The predicted molar refractivity (Wildman–Crippen MR) is 163 cm³/mol. The molecular formula is C30H40N5O6P. The number of esters is 1. The molecule has 0 aliphatic rings. The smallest absolute Gasteiger partial charge is 0.459 e.